The first-order valence-electron chi connectivity index (χ1n) is 6.00. The van der Waals surface area contributed by atoms with E-state index in [0.29, 0.717) is 0 Å². The van der Waals surface area contributed by atoms with Crippen LogP contribution in [0.1, 0.15) is 13.8 Å². The summed E-state index contributed by atoms with van der Waals surface area (Å²) in [4.78, 5) is 9.83. The van der Waals surface area contributed by atoms with E-state index >= 15 is 0 Å². The van der Waals surface area contributed by atoms with Crippen LogP contribution in [0.25, 0.3) is 0 Å². The average Bonchev–Trinajstić information content (AvgIpc) is 2.35. The molecule has 9 heteroatoms. The third-order valence-corrected chi connectivity index (χ3v) is 4.51. The molecule has 0 unspecified atom stereocenters. The van der Waals surface area contributed by atoms with Crippen LogP contribution in [0, 0.1) is 10.1 Å². The van der Waals surface area contributed by atoms with Gasteiger partial charge in [0.15, 0.2) is 4.90 Å². The highest BCUT2D eigenvalue weighted by Gasteiger charge is 2.32. The monoisotopic (exact) mass is 318 g/mol. The molecule has 0 aromatic heterocycles. The van der Waals surface area contributed by atoms with Crippen molar-refractivity contribution in [2.45, 2.75) is 24.3 Å². The number of nitro benzene ring substituents is 1. The molecule has 1 aromatic carbocycles. The maximum absolute atomic E-state index is 12.4. The van der Waals surface area contributed by atoms with Crippen molar-refractivity contribution in [3.05, 3.63) is 28.3 Å². The van der Waals surface area contributed by atoms with E-state index in [2.05, 4.69) is 0 Å². The van der Waals surface area contributed by atoms with E-state index in [9.17, 15) is 23.6 Å². The predicted molar refractivity (Wildman–Crippen MR) is 75.8 cm³/mol. The van der Waals surface area contributed by atoms with Gasteiger partial charge in [0.25, 0.3) is 5.69 Å². The first kappa shape index (κ1) is 17.3. The average molecular weight is 318 g/mol. The molecule has 0 heterocycles. The minimum atomic E-state index is -4.10. The molecule has 21 heavy (non-hydrogen) atoms. The third kappa shape index (κ3) is 4.13. The highest BCUT2D eigenvalue weighted by atomic mass is 32.2. The van der Waals surface area contributed by atoms with Gasteiger partial charge in [-0.2, -0.15) is 4.31 Å². The number of sulfonamides is 1. The van der Waals surface area contributed by atoms with E-state index in [1.54, 1.807) is 0 Å². The Balaban J connectivity index is 3.34. The lowest BCUT2D eigenvalue weighted by Gasteiger charge is -2.25. The fourth-order valence-corrected chi connectivity index (χ4v) is 3.24. The summed E-state index contributed by atoms with van der Waals surface area (Å²) in [5.41, 5.74) is -1.83. The van der Waals surface area contributed by atoms with Crippen molar-refractivity contribution >= 4 is 15.7 Å². The van der Waals surface area contributed by atoms with Crippen molar-refractivity contribution in [1.29, 1.82) is 0 Å². The molecule has 0 radical (unpaired) electrons. The summed E-state index contributed by atoms with van der Waals surface area (Å²) >= 11 is 0. The lowest BCUT2D eigenvalue weighted by Crippen LogP contribution is -2.39. The van der Waals surface area contributed by atoms with Crippen molar-refractivity contribution in [2.24, 2.45) is 0 Å². The Morgan fingerprint density at radius 2 is 2.00 bits per heavy atom. The fourth-order valence-electron chi connectivity index (χ4n) is 1.78. The molecular weight excluding hydrogens is 300 g/mol. The van der Waals surface area contributed by atoms with Crippen LogP contribution >= 0.6 is 0 Å². The van der Waals surface area contributed by atoms with Gasteiger partial charge < -0.3 is 9.84 Å². The van der Waals surface area contributed by atoms with E-state index in [1.807, 2.05) is 0 Å². The molecule has 1 rings (SSSR count). The summed E-state index contributed by atoms with van der Waals surface area (Å²) in [5.74, 6) is 0.186. The molecule has 0 fully saturated rings. The van der Waals surface area contributed by atoms with Crippen LogP contribution in [0.5, 0.6) is 5.75 Å². The molecule has 0 spiro atoms. The van der Waals surface area contributed by atoms with Gasteiger partial charge in [0.05, 0.1) is 23.7 Å². The van der Waals surface area contributed by atoms with Gasteiger partial charge in [0, 0.05) is 13.6 Å². The molecular formula is C12H18N2O6S. The number of ether oxygens (including phenoxy) is 1. The van der Waals surface area contributed by atoms with Crippen molar-refractivity contribution in [1.82, 2.24) is 4.31 Å². The Labute approximate surface area is 123 Å². The van der Waals surface area contributed by atoms with Gasteiger partial charge in [-0.3, -0.25) is 10.1 Å². The molecule has 0 atom stereocenters. The maximum atomic E-state index is 12.4. The van der Waals surface area contributed by atoms with Crippen LogP contribution in [-0.2, 0) is 10.0 Å². The first-order valence-corrected chi connectivity index (χ1v) is 7.44. The van der Waals surface area contributed by atoms with Gasteiger partial charge in [0.1, 0.15) is 5.75 Å². The van der Waals surface area contributed by atoms with Crippen molar-refractivity contribution < 1.29 is 23.2 Å². The normalized spacial score (nSPS) is 12.5. The Morgan fingerprint density at radius 3 is 2.43 bits per heavy atom. The molecule has 0 aliphatic heterocycles. The lowest BCUT2D eigenvalue weighted by atomic mass is 10.1. The molecule has 1 N–H and O–H groups in total. The molecule has 0 bridgehead atoms. The van der Waals surface area contributed by atoms with Gasteiger partial charge in [-0.1, -0.05) is 0 Å². The molecule has 0 aliphatic rings. The number of hydrogen-bond acceptors (Lipinski definition) is 6. The third-order valence-electron chi connectivity index (χ3n) is 2.66. The largest absolute Gasteiger partial charge is 0.497 e. The molecule has 1 aromatic rings. The zero-order valence-corrected chi connectivity index (χ0v) is 13.0. The van der Waals surface area contributed by atoms with Crippen LogP contribution in [0.3, 0.4) is 0 Å². The predicted octanol–water partition coefficient (Wildman–Crippen LogP) is 0.995. The maximum Gasteiger partial charge on any atom is 0.293 e. The number of rotatable bonds is 6. The molecule has 0 aliphatic carbocycles. The summed E-state index contributed by atoms with van der Waals surface area (Å²) in [6.07, 6.45) is 0. The second-order valence-corrected chi connectivity index (χ2v) is 7.18. The van der Waals surface area contributed by atoms with Gasteiger partial charge in [-0.05, 0) is 26.0 Å². The topological polar surface area (TPSA) is 110 Å². The lowest BCUT2D eigenvalue weighted by molar-refractivity contribution is -0.387. The number of nitrogens with zero attached hydrogens (tertiary/aromatic N) is 2. The molecule has 0 saturated carbocycles. The van der Waals surface area contributed by atoms with E-state index in [4.69, 9.17) is 4.74 Å². The molecule has 118 valence electrons. The van der Waals surface area contributed by atoms with Crippen LogP contribution in [0.4, 0.5) is 5.69 Å². The van der Waals surface area contributed by atoms with Gasteiger partial charge in [-0.25, -0.2) is 8.42 Å². The second kappa shape index (κ2) is 5.96. The smallest absolute Gasteiger partial charge is 0.293 e. The van der Waals surface area contributed by atoms with Gasteiger partial charge in [-0.15, -0.1) is 0 Å². The van der Waals surface area contributed by atoms with E-state index in [-0.39, 0.29) is 12.3 Å². The minimum absolute atomic E-state index is 0.186. The number of methoxy groups -OCH3 is 1. The zero-order chi connectivity index (χ0) is 16.4. The van der Waals surface area contributed by atoms with Crippen molar-refractivity contribution in [3.8, 4) is 5.75 Å². The Bertz CT molecular complexity index is 636. The number of nitro groups is 1. The first-order chi connectivity index (χ1) is 9.49. The standard InChI is InChI=1S/C12H18N2O6S/c1-12(2,15)8-13(3)21(18,19)11-6-5-9(20-4)7-10(11)14(16)17/h5-7,15H,8H2,1-4H3. The molecule has 0 saturated heterocycles. The summed E-state index contributed by atoms with van der Waals surface area (Å²) in [6.45, 7) is 2.70. The van der Waals surface area contributed by atoms with E-state index in [0.717, 1.165) is 16.4 Å². The van der Waals surface area contributed by atoms with Crippen molar-refractivity contribution in [3.63, 3.8) is 0 Å². The highest BCUT2D eigenvalue weighted by Crippen LogP contribution is 2.30. The van der Waals surface area contributed by atoms with E-state index < -0.39 is 31.1 Å². The number of benzene rings is 1. The fraction of sp³-hybridized carbons (Fsp3) is 0.500. The molecule has 8 nitrogen and oxygen atoms in total. The van der Waals surface area contributed by atoms with Crippen LogP contribution in [0.2, 0.25) is 0 Å². The van der Waals surface area contributed by atoms with Gasteiger partial charge >= 0.3 is 0 Å². The minimum Gasteiger partial charge on any atom is -0.497 e. The number of hydrogen-bond donors (Lipinski definition) is 1. The van der Waals surface area contributed by atoms with Crippen LogP contribution < -0.4 is 4.74 Å². The number of aliphatic hydroxyl groups is 1. The summed E-state index contributed by atoms with van der Waals surface area (Å²) in [7, 11) is -1.52. The summed E-state index contributed by atoms with van der Waals surface area (Å²) in [6, 6.07) is 3.50. The second-order valence-electron chi connectivity index (χ2n) is 5.16. The molecule has 0 amide bonds. The Kier molecular flexibility index (Phi) is 4.92. The van der Waals surface area contributed by atoms with Gasteiger partial charge in [0.2, 0.25) is 10.0 Å². The van der Waals surface area contributed by atoms with E-state index in [1.165, 1.54) is 34.1 Å². The van der Waals surface area contributed by atoms with Crippen LogP contribution in [0.15, 0.2) is 23.1 Å². The SMILES string of the molecule is COc1ccc(S(=O)(=O)N(C)CC(C)(C)O)c([N+](=O)[O-])c1. The summed E-state index contributed by atoms with van der Waals surface area (Å²) in [5, 5.41) is 20.8. The Hall–Kier alpha value is -1.71. The van der Waals surface area contributed by atoms with Crippen molar-refractivity contribution in [2.75, 3.05) is 20.7 Å². The Morgan fingerprint density at radius 1 is 1.43 bits per heavy atom. The zero-order valence-electron chi connectivity index (χ0n) is 12.2. The summed E-state index contributed by atoms with van der Waals surface area (Å²) < 4.78 is 30.5. The quantitative estimate of drug-likeness (QED) is 0.619. The number of likely N-dealkylation sites (N-methyl/N-ethyl adjacent to an activating group) is 1. The highest BCUT2D eigenvalue weighted by molar-refractivity contribution is 7.89. The van der Waals surface area contributed by atoms with Crippen LogP contribution in [-0.4, -0.2) is 49.1 Å².